The number of likely N-dealkylation sites (N-methyl/N-ethyl adjacent to an activating group) is 1. The van der Waals surface area contributed by atoms with E-state index in [0.717, 1.165) is 12.8 Å². The number of nitrogens with zero attached hydrogens (tertiary/aromatic N) is 1. The zero-order chi connectivity index (χ0) is 19.6. The van der Waals surface area contributed by atoms with Gasteiger partial charge in [-0.05, 0) is 38.9 Å². The molecule has 1 aliphatic heterocycles. The number of carbonyl (C=O) groups is 2. The highest BCUT2D eigenvalue weighted by atomic mass is 16.5. The van der Waals surface area contributed by atoms with Crippen molar-refractivity contribution in [3.05, 3.63) is 23.8 Å². The molecular formula is C20H29N3O4. The van der Waals surface area contributed by atoms with Crippen LogP contribution in [0.1, 0.15) is 37.0 Å². The van der Waals surface area contributed by atoms with Gasteiger partial charge in [-0.25, -0.2) is 0 Å². The molecule has 7 nitrogen and oxygen atoms in total. The summed E-state index contributed by atoms with van der Waals surface area (Å²) in [6, 6.07) is 4.94. The zero-order valence-corrected chi connectivity index (χ0v) is 16.2. The van der Waals surface area contributed by atoms with Crippen LogP contribution in [0.2, 0.25) is 0 Å². The Balaban J connectivity index is 2.01. The lowest BCUT2D eigenvalue weighted by Crippen LogP contribution is -2.49. The minimum atomic E-state index is -0.300. The summed E-state index contributed by atoms with van der Waals surface area (Å²) in [6.45, 7) is 4.86. The molecule has 1 aromatic carbocycles. The van der Waals surface area contributed by atoms with Gasteiger partial charge in [-0.3, -0.25) is 9.59 Å². The molecule has 3 N–H and O–H groups in total. The Morgan fingerprint density at radius 3 is 2.78 bits per heavy atom. The molecule has 27 heavy (non-hydrogen) atoms. The summed E-state index contributed by atoms with van der Waals surface area (Å²) < 4.78 is 6.27. The van der Waals surface area contributed by atoms with Gasteiger partial charge in [0.05, 0.1) is 23.9 Å². The quantitative estimate of drug-likeness (QED) is 0.701. The molecule has 1 saturated carbocycles. The number of para-hydroxylation sites is 1. The zero-order valence-electron chi connectivity index (χ0n) is 16.2. The second-order valence-corrected chi connectivity index (χ2v) is 7.63. The van der Waals surface area contributed by atoms with Crippen molar-refractivity contribution in [2.75, 3.05) is 32.1 Å². The highest BCUT2D eigenvalue weighted by Gasteiger charge is 2.35. The van der Waals surface area contributed by atoms with Crippen LogP contribution in [0.15, 0.2) is 18.2 Å². The van der Waals surface area contributed by atoms with Crippen molar-refractivity contribution in [1.82, 2.24) is 10.2 Å². The van der Waals surface area contributed by atoms with Crippen molar-refractivity contribution in [3.8, 4) is 5.75 Å². The minimum Gasteiger partial charge on any atom is -0.486 e. The van der Waals surface area contributed by atoms with Gasteiger partial charge in [-0.1, -0.05) is 13.0 Å². The predicted octanol–water partition coefficient (Wildman–Crippen LogP) is 1.47. The summed E-state index contributed by atoms with van der Waals surface area (Å²) in [4.78, 5) is 27.2. The van der Waals surface area contributed by atoms with E-state index in [1.165, 1.54) is 0 Å². The minimum absolute atomic E-state index is 0.0275. The molecule has 148 valence electrons. The summed E-state index contributed by atoms with van der Waals surface area (Å²) in [6.07, 6.45) is 1.64. The molecule has 0 saturated heterocycles. The fourth-order valence-electron chi connectivity index (χ4n) is 3.37. The van der Waals surface area contributed by atoms with Gasteiger partial charge in [0.2, 0.25) is 5.91 Å². The smallest absolute Gasteiger partial charge is 0.258 e. The largest absolute Gasteiger partial charge is 0.486 e. The summed E-state index contributed by atoms with van der Waals surface area (Å²) in [5, 5.41) is 15.7. The van der Waals surface area contributed by atoms with Gasteiger partial charge in [-0.15, -0.1) is 0 Å². The average molecular weight is 375 g/mol. The summed E-state index contributed by atoms with van der Waals surface area (Å²) in [7, 11) is 1.86. The average Bonchev–Trinajstić information content (AvgIpc) is 3.50. The van der Waals surface area contributed by atoms with Crippen molar-refractivity contribution in [3.63, 3.8) is 0 Å². The number of ether oxygens (including phenoxy) is 1. The number of aliphatic hydroxyl groups excluding tert-OH is 1. The molecule has 1 aliphatic carbocycles. The number of aliphatic hydroxyl groups is 1. The Hall–Kier alpha value is -2.12. The third-order valence-corrected chi connectivity index (χ3v) is 5.30. The van der Waals surface area contributed by atoms with E-state index in [2.05, 4.69) is 10.6 Å². The van der Waals surface area contributed by atoms with Gasteiger partial charge in [0, 0.05) is 24.9 Å². The Bertz CT molecular complexity index is 704. The molecule has 1 fully saturated rings. The summed E-state index contributed by atoms with van der Waals surface area (Å²) >= 11 is 0. The lowest BCUT2D eigenvalue weighted by Gasteiger charge is -2.37. The molecule has 0 spiro atoms. The van der Waals surface area contributed by atoms with E-state index < -0.39 is 0 Å². The standard InChI is InChI=1S/C20H29N3O4/c1-12-10-23(13(2)11-24)20(26)15-5-4-6-16(22-19(25)14-7-8-14)18(15)27-17(12)9-21-3/h4-6,12-14,17,21,24H,7-11H2,1-3H3,(H,22,25)/t12-,13-,17-/m1/s1. The van der Waals surface area contributed by atoms with Crippen molar-refractivity contribution >= 4 is 17.5 Å². The van der Waals surface area contributed by atoms with Crippen molar-refractivity contribution in [2.24, 2.45) is 11.8 Å². The van der Waals surface area contributed by atoms with Gasteiger partial charge in [0.1, 0.15) is 6.10 Å². The van der Waals surface area contributed by atoms with Crippen LogP contribution < -0.4 is 15.4 Å². The Labute approximate surface area is 160 Å². The molecule has 2 amide bonds. The van der Waals surface area contributed by atoms with E-state index in [-0.39, 0.29) is 42.4 Å². The van der Waals surface area contributed by atoms with E-state index in [1.54, 1.807) is 23.1 Å². The predicted molar refractivity (Wildman–Crippen MR) is 103 cm³/mol. The highest BCUT2D eigenvalue weighted by Crippen LogP contribution is 2.36. The van der Waals surface area contributed by atoms with E-state index in [9.17, 15) is 14.7 Å². The Kier molecular flexibility index (Phi) is 6.01. The number of hydrogen-bond donors (Lipinski definition) is 3. The maximum atomic E-state index is 13.2. The highest BCUT2D eigenvalue weighted by molar-refractivity contribution is 6.02. The van der Waals surface area contributed by atoms with Crippen molar-refractivity contribution < 1.29 is 19.4 Å². The lowest BCUT2D eigenvalue weighted by atomic mass is 9.99. The number of anilines is 1. The molecule has 0 unspecified atom stereocenters. The second kappa shape index (κ2) is 8.27. The number of rotatable bonds is 6. The number of carbonyl (C=O) groups excluding carboxylic acids is 2. The van der Waals surface area contributed by atoms with E-state index in [0.29, 0.717) is 30.1 Å². The second-order valence-electron chi connectivity index (χ2n) is 7.63. The number of nitrogens with one attached hydrogen (secondary N) is 2. The van der Waals surface area contributed by atoms with Crippen LogP contribution in [0.25, 0.3) is 0 Å². The number of fused-ring (bicyclic) bond motifs is 1. The lowest BCUT2D eigenvalue weighted by molar-refractivity contribution is -0.117. The molecule has 1 heterocycles. The van der Waals surface area contributed by atoms with E-state index in [4.69, 9.17) is 4.74 Å². The molecule has 2 aliphatic rings. The van der Waals surface area contributed by atoms with E-state index in [1.807, 2.05) is 20.9 Å². The summed E-state index contributed by atoms with van der Waals surface area (Å²) in [5.74, 6) is 0.307. The van der Waals surface area contributed by atoms with Crippen LogP contribution in [0.4, 0.5) is 5.69 Å². The van der Waals surface area contributed by atoms with Crippen molar-refractivity contribution in [2.45, 2.75) is 38.8 Å². The molecule has 3 rings (SSSR count). The fraction of sp³-hybridized carbons (Fsp3) is 0.600. The van der Waals surface area contributed by atoms with Gasteiger partial charge in [0.15, 0.2) is 5.75 Å². The first-order valence-corrected chi connectivity index (χ1v) is 9.63. The van der Waals surface area contributed by atoms with Crippen LogP contribution in [0, 0.1) is 11.8 Å². The van der Waals surface area contributed by atoms with Crippen LogP contribution in [-0.2, 0) is 4.79 Å². The topological polar surface area (TPSA) is 90.9 Å². The maximum absolute atomic E-state index is 13.2. The summed E-state index contributed by atoms with van der Waals surface area (Å²) in [5.41, 5.74) is 0.946. The number of hydrogen-bond acceptors (Lipinski definition) is 5. The van der Waals surface area contributed by atoms with Crippen molar-refractivity contribution in [1.29, 1.82) is 0 Å². The normalized spacial score (nSPS) is 23.7. The monoisotopic (exact) mass is 375 g/mol. The van der Waals surface area contributed by atoms with Gasteiger partial charge >= 0.3 is 0 Å². The Morgan fingerprint density at radius 2 is 2.15 bits per heavy atom. The molecule has 0 bridgehead atoms. The van der Waals surface area contributed by atoms with Crippen LogP contribution in [0.5, 0.6) is 5.75 Å². The molecule has 0 radical (unpaired) electrons. The van der Waals surface area contributed by atoms with Crippen LogP contribution >= 0.6 is 0 Å². The van der Waals surface area contributed by atoms with Crippen LogP contribution in [0.3, 0.4) is 0 Å². The van der Waals surface area contributed by atoms with Gasteiger partial charge in [0.25, 0.3) is 5.91 Å². The molecule has 7 heteroatoms. The van der Waals surface area contributed by atoms with Gasteiger partial charge < -0.3 is 25.4 Å². The Morgan fingerprint density at radius 1 is 1.41 bits per heavy atom. The first-order valence-electron chi connectivity index (χ1n) is 9.63. The third kappa shape index (κ3) is 4.25. The molecule has 1 aromatic rings. The SMILES string of the molecule is CNC[C@H]1Oc2c(NC(=O)C3CC3)cccc2C(=O)N([C@H](C)CO)C[C@H]1C. The molecular weight excluding hydrogens is 346 g/mol. The molecule has 3 atom stereocenters. The van der Waals surface area contributed by atoms with Crippen LogP contribution in [-0.4, -0.2) is 60.7 Å². The fourth-order valence-corrected chi connectivity index (χ4v) is 3.37. The first-order chi connectivity index (χ1) is 13.0. The maximum Gasteiger partial charge on any atom is 0.258 e. The molecule has 0 aromatic heterocycles. The van der Waals surface area contributed by atoms with E-state index >= 15 is 0 Å². The number of benzene rings is 1. The third-order valence-electron chi connectivity index (χ3n) is 5.30. The van der Waals surface area contributed by atoms with Gasteiger partial charge in [-0.2, -0.15) is 0 Å². The first kappa shape index (κ1) is 19.6. The number of amides is 2.